The zero-order valence-electron chi connectivity index (χ0n) is 17.7. The number of amides is 2. The topological polar surface area (TPSA) is 114 Å². The minimum Gasteiger partial charge on any atom is -0.488 e. The molecule has 0 bridgehead atoms. The number of hydrogen-bond donors (Lipinski definition) is 2. The quantitative estimate of drug-likeness (QED) is 0.628. The first-order valence-corrected chi connectivity index (χ1v) is 9.99. The number of carboxylic acid groups (broad SMARTS) is 1. The van der Waals surface area contributed by atoms with Crippen LogP contribution in [-0.2, 0) is 9.53 Å². The molecule has 1 aliphatic rings. The second-order valence-corrected chi connectivity index (χ2v) is 7.30. The summed E-state index contributed by atoms with van der Waals surface area (Å²) in [6.45, 7) is 5.54. The van der Waals surface area contributed by atoms with Crippen molar-refractivity contribution in [2.24, 2.45) is 0 Å². The number of pyridine rings is 2. The summed E-state index contributed by atoms with van der Waals surface area (Å²) < 4.78 is 43.1. The van der Waals surface area contributed by atoms with Gasteiger partial charge in [-0.3, -0.25) is 5.32 Å². The van der Waals surface area contributed by atoms with Crippen molar-refractivity contribution >= 4 is 29.4 Å². The Morgan fingerprint density at radius 2 is 2.06 bits per heavy atom. The Morgan fingerprint density at radius 1 is 1.36 bits per heavy atom. The van der Waals surface area contributed by atoms with Crippen molar-refractivity contribution in [2.75, 3.05) is 31.6 Å². The third kappa shape index (κ3) is 8.73. The van der Waals surface area contributed by atoms with Crippen LogP contribution in [0.2, 0.25) is 5.15 Å². The first kappa shape index (κ1) is 26.1. The molecule has 0 radical (unpaired) electrons. The van der Waals surface area contributed by atoms with E-state index in [4.69, 9.17) is 31.0 Å². The maximum Gasteiger partial charge on any atom is 0.490 e. The molecule has 2 N–H and O–H groups in total. The Kier molecular flexibility index (Phi) is 9.23. The van der Waals surface area contributed by atoms with E-state index in [1.54, 1.807) is 23.2 Å². The van der Waals surface area contributed by atoms with Crippen LogP contribution in [0.3, 0.4) is 0 Å². The number of halogens is 4. The summed E-state index contributed by atoms with van der Waals surface area (Å²) in [4.78, 5) is 31.4. The van der Waals surface area contributed by atoms with Gasteiger partial charge < -0.3 is 19.5 Å². The molecule has 1 atom stereocenters. The van der Waals surface area contributed by atoms with Gasteiger partial charge in [0.15, 0.2) is 10.9 Å². The van der Waals surface area contributed by atoms with E-state index < -0.39 is 12.1 Å². The molecule has 3 rings (SSSR count). The maximum absolute atomic E-state index is 12.5. The number of aryl methyl sites for hydroxylation is 2. The van der Waals surface area contributed by atoms with Gasteiger partial charge in [-0.15, -0.1) is 0 Å². The van der Waals surface area contributed by atoms with E-state index in [0.29, 0.717) is 36.4 Å². The maximum atomic E-state index is 12.5. The van der Waals surface area contributed by atoms with Gasteiger partial charge in [0.05, 0.1) is 13.2 Å². The second-order valence-electron chi connectivity index (χ2n) is 6.95. The number of aromatic nitrogens is 2. The summed E-state index contributed by atoms with van der Waals surface area (Å²) in [5, 5.41) is 10.3. The lowest BCUT2D eigenvalue weighted by molar-refractivity contribution is -0.192. The fourth-order valence-electron chi connectivity index (χ4n) is 2.76. The normalized spacial score (nSPS) is 15.8. The van der Waals surface area contributed by atoms with Gasteiger partial charge >= 0.3 is 18.2 Å². The highest BCUT2D eigenvalue weighted by Gasteiger charge is 2.38. The van der Waals surface area contributed by atoms with E-state index in [1.165, 1.54) is 0 Å². The lowest BCUT2D eigenvalue weighted by atomic mass is 10.2. The van der Waals surface area contributed by atoms with Crippen LogP contribution in [0.25, 0.3) is 0 Å². The predicted molar refractivity (Wildman–Crippen MR) is 112 cm³/mol. The number of nitrogens with one attached hydrogen (secondary N) is 1. The van der Waals surface area contributed by atoms with Crippen molar-refractivity contribution in [1.82, 2.24) is 14.9 Å². The van der Waals surface area contributed by atoms with Crippen LogP contribution in [0.15, 0.2) is 30.5 Å². The number of carbonyl (C=O) groups excluding carboxylic acids is 1. The summed E-state index contributed by atoms with van der Waals surface area (Å²) in [7, 11) is 0. The van der Waals surface area contributed by atoms with Crippen LogP contribution in [0.1, 0.15) is 11.3 Å². The van der Waals surface area contributed by atoms with E-state index in [-0.39, 0.29) is 18.7 Å². The van der Waals surface area contributed by atoms with Gasteiger partial charge in [0.1, 0.15) is 18.5 Å². The van der Waals surface area contributed by atoms with Crippen molar-refractivity contribution in [3.8, 4) is 5.75 Å². The average Bonchev–Trinajstić information content (AvgIpc) is 2.72. The molecule has 2 aromatic heterocycles. The Bertz CT molecular complexity index is 957. The van der Waals surface area contributed by atoms with E-state index in [2.05, 4.69) is 15.3 Å². The first-order chi connectivity index (χ1) is 15.5. The molecule has 1 fully saturated rings. The van der Waals surface area contributed by atoms with Gasteiger partial charge in [-0.25, -0.2) is 19.6 Å². The number of alkyl halides is 3. The molecule has 2 amide bonds. The predicted octanol–water partition coefficient (Wildman–Crippen LogP) is 3.69. The van der Waals surface area contributed by atoms with Crippen LogP contribution < -0.4 is 10.1 Å². The molecular formula is C20H22ClF3N4O5. The molecule has 0 aromatic carbocycles. The van der Waals surface area contributed by atoms with Crippen molar-refractivity contribution < 1.29 is 37.3 Å². The van der Waals surface area contributed by atoms with Crippen LogP contribution in [0, 0.1) is 13.8 Å². The van der Waals surface area contributed by atoms with Gasteiger partial charge in [-0.2, -0.15) is 13.2 Å². The molecule has 0 saturated carbocycles. The number of rotatable bonds is 4. The van der Waals surface area contributed by atoms with Gasteiger partial charge in [0, 0.05) is 18.4 Å². The summed E-state index contributed by atoms with van der Waals surface area (Å²) in [5.41, 5.74) is 1.91. The number of carboxylic acids is 1. The molecule has 1 saturated heterocycles. The average molecular weight is 491 g/mol. The van der Waals surface area contributed by atoms with E-state index in [1.807, 2.05) is 26.0 Å². The number of aliphatic carboxylic acids is 1. The highest BCUT2D eigenvalue weighted by atomic mass is 35.5. The van der Waals surface area contributed by atoms with Crippen LogP contribution in [0.4, 0.5) is 23.8 Å². The van der Waals surface area contributed by atoms with Crippen molar-refractivity contribution in [3.63, 3.8) is 0 Å². The van der Waals surface area contributed by atoms with E-state index in [9.17, 15) is 18.0 Å². The Balaban J connectivity index is 0.000000479. The van der Waals surface area contributed by atoms with Gasteiger partial charge in [0.25, 0.3) is 0 Å². The molecule has 180 valence electrons. The molecule has 3 heterocycles. The molecule has 2 aromatic rings. The van der Waals surface area contributed by atoms with Crippen molar-refractivity contribution in [1.29, 1.82) is 0 Å². The van der Waals surface area contributed by atoms with E-state index in [0.717, 1.165) is 11.3 Å². The summed E-state index contributed by atoms with van der Waals surface area (Å²) in [5.74, 6) is -1.71. The van der Waals surface area contributed by atoms with Crippen LogP contribution in [0.5, 0.6) is 5.75 Å². The monoisotopic (exact) mass is 490 g/mol. The molecule has 1 unspecified atom stereocenters. The van der Waals surface area contributed by atoms with Crippen LogP contribution in [-0.4, -0.2) is 70.6 Å². The zero-order valence-corrected chi connectivity index (χ0v) is 18.5. The second kappa shape index (κ2) is 11.7. The molecule has 33 heavy (non-hydrogen) atoms. The number of nitrogens with zero attached hydrogens (tertiary/aromatic N) is 3. The standard InChI is InChI=1S/C18H21ClN4O3.C2HF3O2/c1-12-8-13(2)21-16(9-12)22-18(24)23-6-7-25-14(10-23)11-26-15-4-3-5-20-17(15)19;3-2(4,5)1(6)7/h3-5,8-9,14H,6-7,10-11H2,1-2H3,(H,21,22,24);(H,6,7). The molecule has 1 aliphatic heterocycles. The number of hydrogen-bond acceptors (Lipinski definition) is 6. The minimum absolute atomic E-state index is 0.199. The third-order valence-corrected chi connectivity index (χ3v) is 4.43. The number of ether oxygens (including phenoxy) is 2. The summed E-state index contributed by atoms with van der Waals surface area (Å²) in [6, 6.07) is 7.10. The molecular weight excluding hydrogens is 469 g/mol. The number of morpholine rings is 1. The van der Waals surface area contributed by atoms with Crippen LogP contribution >= 0.6 is 11.6 Å². The Hall–Kier alpha value is -3.12. The lowest BCUT2D eigenvalue weighted by Crippen LogP contribution is -2.49. The molecule has 0 aliphatic carbocycles. The largest absolute Gasteiger partial charge is 0.490 e. The SMILES string of the molecule is Cc1cc(C)nc(NC(=O)N2CCOC(COc3cccnc3Cl)C2)c1.O=C(O)C(F)(F)F. The molecule has 0 spiro atoms. The highest BCUT2D eigenvalue weighted by molar-refractivity contribution is 6.30. The first-order valence-electron chi connectivity index (χ1n) is 9.62. The van der Waals surface area contributed by atoms with Gasteiger partial charge in [-0.05, 0) is 43.7 Å². The number of carbonyl (C=O) groups is 2. The van der Waals surface area contributed by atoms with Gasteiger partial charge in [0.2, 0.25) is 0 Å². The lowest BCUT2D eigenvalue weighted by Gasteiger charge is -2.32. The third-order valence-electron chi connectivity index (χ3n) is 4.15. The Labute approximate surface area is 192 Å². The van der Waals surface area contributed by atoms with Crippen molar-refractivity contribution in [2.45, 2.75) is 26.1 Å². The summed E-state index contributed by atoms with van der Waals surface area (Å²) in [6.07, 6.45) is -3.72. The smallest absolute Gasteiger partial charge is 0.488 e. The van der Waals surface area contributed by atoms with E-state index >= 15 is 0 Å². The minimum atomic E-state index is -5.08. The zero-order chi connectivity index (χ0) is 24.6. The number of urea groups is 1. The fourth-order valence-corrected chi connectivity index (χ4v) is 2.93. The summed E-state index contributed by atoms with van der Waals surface area (Å²) >= 11 is 5.98. The molecule has 13 heteroatoms. The fraction of sp³-hybridized carbons (Fsp3) is 0.400. The van der Waals surface area contributed by atoms with Crippen molar-refractivity contribution in [3.05, 3.63) is 46.9 Å². The Morgan fingerprint density at radius 3 is 2.67 bits per heavy atom. The number of anilines is 1. The highest BCUT2D eigenvalue weighted by Crippen LogP contribution is 2.21. The molecule has 9 nitrogen and oxygen atoms in total. The van der Waals surface area contributed by atoms with Gasteiger partial charge in [-0.1, -0.05) is 11.6 Å².